The number of aryl methyl sites for hydroxylation is 2. The van der Waals surface area contributed by atoms with E-state index in [-0.39, 0.29) is 12.2 Å². The first kappa shape index (κ1) is 16.3. The number of halogens is 1. The van der Waals surface area contributed by atoms with Crippen LogP contribution >= 0.6 is 0 Å². The lowest BCUT2D eigenvalue weighted by Crippen LogP contribution is -2.71. The first-order valence-electron chi connectivity index (χ1n) is 8.75. The smallest absolute Gasteiger partial charge is 0.229 e. The van der Waals surface area contributed by atoms with Crippen molar-refractivity contribution in [3.05, 3.63) is 24.2 Å². The summed E-state index contributed by atoms with van der Waals surface area (Å²) in [7, 11) is 1.86. The Bertz CT molecular complexity index is 747. The Morgan fingerprint density at radius 3 is 2.64 bits per heavy atom. The number of anilines is 3. The van der Waals surface area contributed by atoms with Crippen LogP contribution in [-0.2, 0) is 7.05 Å². The first-order chi connectivity index (χ1) is 12.1. The summed E-state index contributed by atoms with van der Waals surface area (Å²) in [5.41, 5.74) is 1.52. The van der Waals surface area contributed by atoms with Crippen molar-refractivity contribution >= 4 is 17.5 Å². The summed E-state index contributed by atoms with van der Waals surface area (Å²) >= 11 is 0. The van der Waals surface area contributed by atoms with Gasteiger partial charge in [0.1, 0.15) is 12.5 Å². The Morgan fingerprint density at radius 2 is 2.00 bits per heavy atom. The highest BCUT2D eigenvalue weighted by atomic mass is 19.1. The Kier molecular flexibility index (Phi) is 4.07. The molecule has 4 heterocycles. The van der Waals surface area contributed by atoms with E-state index in [0.717, 1.165) is 30.2 Å². The predicted octanol–water partition coefficient (Wildman–Crippen LogP) is 1.89. The second-order valence-electron chi connectivity index (χ2n) is 7.14. The van der Waals surface area contributed by atoms with Crippen LogP contribution in [0.25, 0.3) is 0 Å². The number of nitrogens with zero attached hydrogens (tertiary/aromatic N) is 6. The van der Waals surface area contributed by atoms with Gasteiger partial charge in [-0.25, -0.2) is 9.37 Å². The highest BCUT2D eigenvalue weighted by Gasteiger charge is 2.49. The lowest BCUT2D eigenvalue weighted by atomic mass is 9.89. The number of rotatable bonds is 5. The van der Waals surface area contributed by atoms with E-state index in [4.69, 9.17) is 0 Å². The Morgan fingerprint density at radius 1 is 1.24 bits per heavy atom. The van der Waals surface area contributed by atoms with Gasteiger partial charge in [0.2, 0.25) is 5.95 Å². The maximum absolute atomic E-state index is 13.8. The van der Waals surface area contributed by atoms with E-state index in [2.05, 4.69) is 30.2 Å². The zero-order valence-corrected chi connectivity index (χ0v) is 14.7. The van der Waals surface area contributed by atoms with Crippen molar-refractivity contribution < 1.29 is 4.39 Å². The number of nitrogens with one attached hydrogen (secondary N) is 1. The van der Waals surface area contributed by atoms with Gasteiger partial charge in [0.25, 0.3) is 0 Å². The fourth-order valence-corrected chi connectivity index (χ4v) is 3.80. The van der Waals surface area contributed by atoms with Crippen molar-refractivity contribution in [2.45, 2.75) is 25.3 Å². The van der Waals surface area contributed by atoms with Crippen molar-refractivity contribution in [1.29, 1.82) is 0 Å². The summed E-state index contributed by atoms with van der Waals surface area (Å²) in [4.78, 5) is 13.5. The minimum Gasteiger partial charge on any atom is -0.352 e. The molecule has 25 heavy (non-hydrogen) atoms. The zero-order chi connectivity index (χ0) is 17.4. The highest BCUT2D eigenvalue weighted by molar-refractivity contribution is 5.57. The summed E-state index contributed by atoms with van der Waals surface area (Å²) in [6.45, 7) is 5.09. The van der Waals surface area contributed by atoms with Crippen LogP contribution in [0.15, 0.2) is 18.6 Å². The van der Waals surface area contributed by atoms with Crippen molar-refractivity contribution in [1.82, 2.24) is 24.6 Å². The van der Waals surface area contributed by atoms with E-state index in [9.17, 15) is 4.39 Å². The molecule has 8 heteroatoms. The molecule has 0 bridgehead atoms. The van der Waals surface area contributed by atoms with Crippen LogP contribution < -0.4 is 10.2 Å². The fraction of sp³-hybridized carbons (Fsp3) is 0.588. The molecular weight excluding hydrogens is 321 g/mol. The third-order valence-corrected chi connectivity index (χ3v) is 5.20. The molecule has 134 valence electrons. The number of hydrogen-bond acceptors (Lipinski definition) is 6. The molecule has 2 aromatic rings. The van der Waals surface area contributed by atoms with Gasteiger partial charge in [-0.15, -0.1) is 0 Å². The van der Waals surface area contributed by atoms with Crippen LogP contribution in [-0.4, -0.2) is 63.0 Å². The van der Waals surface area contributed by atoms with Crippen molar-refractivity contribution in [3.8, 4) is 0 Å². The van der Waals surface area contributed by atoms with Crippen LogP contribution in [0.5, 0.6) is 0 Å². The Balaban J connectivity index is 1.50. The van der Waals surface area contributed by atoms with E-state index in [1.807, 2.05) is 26.4 Å². The number of hydrogen-bond donors (Lipinski definition) is 1. The van der Waals surface area contributed by atoms with Crippen LogP contribution in [0.2, 0.25) is 0 Å². The lowest BCUT2D eigenvalue weighted by molar-refractivity contribution is 0.0554. The van der Waals surface area contributed by atoms with Gasteiger partial charge in [-0.1, -0.05) is 0 Å². The van der Waals surface area contributed by atoms with Gasteiger partial charge in [0.05, 0.1) is 17.4 Å². The third-order valence-electron chi connectivity index (χ3n) is 5.20. The van der Waals surface area contributed by atoms with Gasteiger partial charge in [-0.05, 0) is 32.9 Å². The molecule has 0 saturated carbocycles. The van der Waals surface area contributed by atoms with Gasteiger partial charge in [-0.2, -0.15) is 10.1 Å². The predicted molar refractivity (Wildman–Crippen MR) is 95.0 cm³/mol. The van der Waals surface area contributed by atoms with E-state index < -0.39 is 0 Å². The molecule has 1 N–H and O–H groups in total. The average molecular weight is 345 g/mol. The van der Waals surface area contributed by atoms with Gasteiger partial charge >= 0.3 is 0 Å². The summed E-state index contributed by atoms with van der Waals surface area (Å²) < 4.78 is 15.5. The summed E-state index contributed by atoms with van der Waals surface area (Å²) in [5.74, 6) is 1.41. The average Bonchev–Trinajstić information content (AvgIpc) is 3.22. The maximum Gasteiger partial charge on any atom is 0.229 e. The molecule has 2 fully saturated rings. The molecule has 0 radical (unpaired) electrons. The third kappa shape index (κ3) is 2.95. The van der Waals surface area contributed by atoms with Crippen LogP contribution in [0, 0.1) is 6.92 Å². The SMILES string of the molecule is Cc1cnc(Nc2cnn(C)c2)nc1N1CC(CF)(N2CCCC2)C1. The molecule has 4 rings (SSSR count). The standard InChI is InChI=1S/C17H24FN7/c1-13-7-19-16(21-14-8-20-23(2)9-14)22-15(13)24-11-17(10-18,12-24)25-5-3-4-6-25/h7-9H,3-6,10-12H2,1-2H3,(H,19,21,22). The van der Waals surface area contributed by atoms with E-state index in [1.54, 1.807) is 10.9 Å². The summed E-state index contributed by atoms with van der Waals surface area (Å²) in [6, 6.07) is 0. The van der Waals surface area contributed by atoms with Crippen molar-refractivity contribution in [2.75, 3.05) is 43.1 Å². The van der Waals surface area contributed by atoms with Gasteiger partial charge in [0.15, 0.2) is 0 Å². The van der Waals surface area contributed by atoms with Crippen LogP contribution in [0.3, 0.4) is 0 Å². The lowest BCUT2D eigenvalue weighted by Gasteiger charge is -2.54. The number of alkyl halides is 1. The minimum absolute atomic E-state index is 0.297. The summed E-state index contributed by atoms with van der Waals surface area (Å²) in [6.07, 6.45) is 7.76. The molecule has 0 spiro atoms. The maximum atomic E-state index is 13.8. The molecule has 0 amide bonds. The van der Waals surface area contributed by atoms with Crippen molar-refractivity contribution in [3.63, 3.8) is 0 Å². The molecule has 0 aliphatic carbocycles. The topological polar surface area (TPSA) is 62.1 Å². The Hall–Kier alpha value is -2.22. The number of aromatic nitrogens is 4. The van der Waals surface area contributed by atoms with Crippen LogP contribution in [0.4, 0.5) is 21.8 Å². The summed E-state index contributed by atoms with van der Waals surface area (Å²) in [5, 5.41) is 7.30. The second-order valence-corrected chi connectivity index (χ2v) is 7.14. The molecule has 2 aromatic heterocycles. The van der Waals surface area contributed by atoms with E-state index >= 15 is 0 Å². The molecule has 0 atom stereocenters. The largest absolute Gasteiger partial charge is 0.352 e. The van der Waals surface area contributed by atoms with Gasteiger partial charge in [0, 0.05) is 38.1 Å². The van der Waals surface area contributed by atoms with E-state index in [1.165, 1.54) is 12.8 Å². The van der Waals surface area contributed by atoms with E-state index in [0.29, 0.717) is 19.0 Å². The fourth-order valence-electron chi connectivity index (χ4n) is 3.80. The first-order valence-corrected chi connectivity index (χ1v) is 8.75. The highest BCUT2D eigenvalue weighted by Crippen LogP contribution is 2.35. The molecule has 0 aromatic carbocycles. The Labute approximate surface area is 146 Å². The minimum atomic E-state index is -0.329. The van der Waals surface area contributed by atoms with Crippen molar-refractivity contribution in [2.24, 2.45) is 7.05 Å². The monoisotopic (exact) mass is 345 g/mol. The quantitative estimate of drug-likeness (QED) is 0.893. The molecule has 2 saturated heterocycles. The van der Waals surface area contributed by atoms with Gasteiger partial charge in [-0.3, -0.25) is 9.58 Å². The zero-order valence-electron chi connectivity index (χ0n) is 14.7. The molecule has 0 unspecified atom stereocenters. The molecule has 7 nitrogen and oxygen atoms in total. The second kappa shape index (κ2) is 6.25. The normalized spacial score (nSPS) is 19.9. The number of likely N-dealkylation sites (tertiary alicyclic amines) is 1. The molecule has 2 aliphatic rings. The molecule has 2 aliphatic heterocycles. The molecular formula is C17H24FN7. The van der Waals surface area contributed by atoms with Crippen LogP contribution in [0.1, 0.15) is 18.4 Å². The van der Waals surface area contributed by atoms with Gasteiger partial charge < -0.3 is 10.2 Å².